The quantitative estimate of drug-likeness (QED) is 0.350. The minimum absolute atomic E-state index is 0.0124. The number of aldehydes is 1. The Hall–Kier alpha value is -2.57. The maximum atomic E-state index is 14.4. The summed E-state index contributed by atoms with van der Waals surface area (Å²) >= 11 is 0. The number of para-hydroxylation sites is 1. The van der Waals surface area contributed by atoms with Crippen molar-refractivity contribution < 1.29 is 36.5 Å². The van der Waals surface area contributed by atoms with Crippen LogP contribution in [0.15, 0.2) is 52.2 Å². The molecule has 4 unspecified atom stereocenters. The first-order chi connectivity index (χ1) is 17.2. The summed E-state index contributed by atoms with van der Waals surface area (Å²) in [5, 5.41) is 2.79. The van der Waals surface area contributed by atoms with Gasteiger partial charge >= 0.3 is 14.2 Å². The molecule has 0 amide bonds. The lowest BCUT2D eigenvalue weighted by atomic mass is 10.2. The molecule has 0 saturated carbocycles. The van der Waals surface area contributed by atoms with Crippen molar-refractivity contribution in [3.05, 3.63) is 63.4 Å². The standard InChI is InChI=1S/C17H19FN3O6P.C4H10O.CH2F2/c18-13-10-16(21-8-6-15(23)20-17(21)24)26-14(13)11-25-28(19-7-9-22)27-12-4-2-1-3-5-12;1-4(2)5-3;2-1-3/h1-6,8-9,13-14,16,19H,7,10-11H2,(H,20,23,24);4H,1-3H3;1H2. The van der Waals surface area contributed by atoms with E-state index in [2.05, 4.69) is 10.1 Å². The van der Waals surface area contributed by atoms with Gasteiger partial charge in [0.2, 0.25) is 6.93 Å². The van der Waals surface area contributed by atoms with Crippen LogP contribution in [-0.2, 0) is 18.8 Å². The maximum absolute atomic E-state index is 14.4. The number of carbonyl (C=O) groups is 1. The number of halogens is 3. The molecule has 10 nitrogen and oxygen atoms in total. The van der Waals surface area contributed by atoms with Gasteiger partial charge in [-0.3, -0.25) is 14.3 Å². The van der Waals surface area contributed by atoms with Gasteiger partial charge in [0, 0.05) is 25.8 Å². The molecule has 2 aromatic rings. The van der Waals surface area contributed by atoms with E-state index in [0.29, 0.717) is 18.1 Å². The lowest BCUT2D eigenvalue weighted by Crippen LogP contribution is -2.31. The minimum atomic E-state index is -1.75. The van der Waals surface area contributed by atoms with E-state index in [4.69, 9.17) is 18.5 Å². The predicted octanol–water partition coefficient (Wildman–Crippen LogP) is 3.20. The average Bonchev–Trinajstić information content (AvgIpc) is 3.22. The number of aromatic nitrogens is 2. The first kappa shape index (κ1) is 31.5. The van der Waals surface area contributed by atoms with Crippen LogP contribution in [0.1, 0.15) is 26.5 Å². The van der Waals surface area contributed by atoms with Gasteiger partial charge in [-0.25, -0.2) is 23.1 Å². The van der Waals surface area contributed by atoms with Gasteiger partial charge in [0.05, 0.1) is 19.3 Å². The Morgan fingerprint density at radius 1 is 1.25 bits per heavy atom. The van der Waals surface area contributed by atoms with Gasteiger partial charge in [0.25, 0.3) is 5.56 Å². The Balaban J connectivity index is 0.000000709. The van der Waals surface area contributed by atoms with Crippen LogP contribution in [0.5, 0.6) is 5.75 Å². The van der Waals surface area contributed by atoms with E-state index in [1.54, 1.807) is 31.4 Å². The van der Waals surface area contributed by atoms with Crippen molar-refractivity contribution in [1.82, 2.24) is 14.6 Å². The van der Waals surface area contributed by atoms with Crippen molar-refractivity contribution in [2.45, 2.75) is 44.9 Å². The number of alkyl halides is 3. The zero-order valence-electron chi connectivity index (χ0n) is 20.1. The summed E-state index contributed by atoms with van der Waals surface area (Å²) in [7, 11) is -0.00198. The van der Waals surface area contributed by atoms with Gasteiger partial charge in [0.15, 0.2) is 0 Å². The summed E-state index contributed by atoms with van der Waals surface area (Å²) < 4.78 is 56.3. The summed E-state index contributed by atoms with van der Waals surface area (Å²) in [6, 6.07) is 10.0. The number of H-pyrrole nitrogens is 1. The summed E-state index contributed by atoms with van der Waals surface area (Å²) in [4.78, 5) is 35.7. The Labute approximate surface area is 207 Å². The SMILES string of the molecule is COC(C)C.FCF.O=CCNP(OCC1OC(n2ccc(=O)[nH]c2=O)CC1F)Oc1ccccc1. The van der Waals surface area contributed by atoms with Crippen molar-refractivity contribution in [3.63, 3.8) is 0 Å². The summed E-state index contributed by atoms with van der Waals surface area (Å²) in [6.45, 7) is 2.12. The summed E-state index contributed by atoms with van der Waals surface area (Å²) in [5.74, 6) is 0.536. The fraction of sp³-hybridized carbons (Fsp3) is 0.500. The topological polar surface area (TPSA) is 121 Å². The molecule has 0 spiro atoms. The molecule has 1 aliphatic rings. The number of aromatic amines is 1. The number of hydrogen-bond acceptors (Lipinski definition) is 8. The average molecular weight is 537 g/mol. The van der Waals surface area contributed by atoms with Crippen LogP contribution in [-0.4, -0.2) is 61.4 Å². The van der Waals surface area contributed by atoms with Crippen molar-refractivity contribution >= 4 is 14.8 Å². The monoisotopic (exact) mass is 537 g/mol. The highest BCUT2D eigenvalue weighted by molar-refractivity contribution is 7.45. The second-order valence-electron chi connectivity index (χ2n) is 7.27. The lowest BCUT2D eigenvalue weighted by Gasteiger charge is -2.20. The van der Waals surface area contributed by atoms with Crippen LogP contribution in [0.25, 0.3) is 0 Å². The molecule has 1 fully saturated rings. The van der Waals surface area contributed by atoms with Gasteiger partial charge in [-0.2, -0.15) is 0 Å². The highest BCUT2D eigenvalue weighted by Crippen LogP contribution is 2.37. The highest BCUT2D eigenvalue weighted by Gasteiger charge is 2.37. The molecule has 0 bridgehead atoms. The number of nitrogens with zero attached hydrogens (tertiary/aromatic N) is 1. The van der Waals surface area contributed by atoms with E-state index in [1.165, 1.54) is 6.20 Å². The van der Waals surface area contributed by atoms with E-state index in [-0.39, 0.29) is 19.6 Å². The second kappa shape index (κ2) is 17.8. The lowest BCUT2D eigenvalue weighted by molar-refractivity contribution is -0.107. The summed E-state index contributed by atoms with van der Waals surface area (Å²) in [6.07, 6.45) is -0.893. The first-order valence-electron chi connectivity index (χ1n) is 10.8. The number of carbonyl (C=O) groups excluding carboxylic acids is 1. The third kappa shape index (κ3) is 11.9. The molecule has 1 aromatic carbocycles. The third-order valence-electron chi connectivity index (χ3n) is 4.39. The first-order valence-corrected chi connectivity index (χ1v) is 12.0. The Morgan fingerprint density at radius 2 is 1.89 bits per heavy atom. The van der Waals surface area contributed by atoms with Crippen LogP contribution in [0.2, 0.25) is 0 Å². The molecule has 0 aliphatic carbocycles. The van der Waals surface area contributed by atoms with Crippen molar-refractivity contribution in [3.8, 4) is 5.75 Å². The van der Waals surface area contributed by atoms with E-state index >= 15 is 0 Å². The Morgan fingerprint density at radius 3 is 2.44 bits per heavy atom. The largest absolute Gasteiger partial charge is 0.436 e. The fourth-order valence-corrected chi connectivity index (χ4v) is 3.63. The number of methoxy groups -OCH3 is 1. The minimum Gasteiger partial charge on any atom is -0.436 e. The molecule has 0 radical (unpaired) electrons. The zero-order chi connectivity index (χ0) is 26.9. The molecule has 2 heterocycles. The van der Waals surface area contributed by atoms with Crippen LogP contribution in [0, 0.1) is 0 Å². The predicted molar refractivity (Wildman–Crippen MR) is 128 cm³/mol. The maximum Gasteiger partial charge on any atom is 0.330 e. The van der Waals surface area contributed by atoms with Crippen molar-refractivity contribution in [2.75, 3.05) is 27.2 Å². The van der Waals surface area contributed by atoms with Gasteiger partial charge in [0.1, 0.15) is 30.5 Å². The fourth-order valence-electron chi connectivity index (χ4n) is 2.60. The van der Waals surface area contributed by atoms with Crippen LogP contribution in [0.3, 0.4) is 0 Å². The molecular weight excluding hydrogens is 506 g/mol. The second-order valence-corrected chi connectivity index (χ2v) is 8.54. The third-order valence-corrected chi connectivity index (χ3v) is 5.59. The van der Waals surface area contributed by atoms with Crippen LogP contribution >= 0.6 is 8.53 Å². The number of nitrogens with one attached hydrogen (secondary N) is 2. The number of benzene rings is 1. The molecule has 202 valence electrons. The van der Waals surface area contributed by atoms with Gasteiger partial charge in [-0.1, -0.05) is 18.2 Å². The van der Waals surface area contributed by atoms with Crippen molar-refractivity contribution in [1.29, 1.82) is 0 Å². The molecule has 1 aromatic heterocycles. The molecule has 1 saturated heterocycles. The molecule has 3 rings (SSSR count). The Bertz CT molecular complexity index is 981. The van der Waals surface area contributed by atoms with E-state index in [9.17, 15) is 27.6 Å². The van der Waals surface area contributed by atoms with Crippen LogP contribution < -0.4 is 20.9 Å². The van der Waals surface area contributed by atoms with Gasteiger partial charge in [-0.05, 0) is 26.0 Å². The molecule has 14 heteroatoms. The molecule has 1 aliphatic heterocycles. The van der Waals surface area contributed by atoms with E-state index < -0.39 is 45.2 Å². The number of hydrogen-bond donors (Lipinski definition) is 2. The Kier molecular flexibility index (Phi) is 15.6. The highest BCUT2D eigenvalue weighted by atomic mass is 31.2. The molecule has 4 atom stereocenters. The molecule has 36 heavy (non-hydrogen) atoms. The van der Waals surface area contributed by atoms with Crippen LogP contribution in [0.4, 0.5) is 13.2 Å². The van der Waals surface area contributed by atoms with E-state index in [0.717, 1.165) is 10.6 Å². The normalized spacial score (nSPS) is 19.5. The summed E-state index contributed by atoms with van der Waals surface area (Å²) in [5.41, 5.74) is -1.21. The number of ether oxygens (including phenoxy) is 2. The zero-order valence-corrected chi connectivity index (χ0v) is 21.0. The number of rotatable bonds is 10. The van der Waals surface area contributed by atoms with Crippen molar-refractivity contribution in [2.24, 2.45) is 0 Å². The van der Waals surface area contributed by atoms with Gasteiger partial charge in [-0.15, -0.1) is 0 Å². The molecular formula is C22H31F3N3O7P. The molecule has 2 N–H and O–H groups in total. The van der Waals surface area contributed by atoms with E-state index in [1.807, 2.05) is 19.9 Å². The van der Waals surface area contributed by atoms with Gasteiger partial charge < -0.3 is 23.3 Å². The smallest absolute Gasteiger partial charge is 0.330 e.